The summed E-state index contributed by atoms with van der Waals surface area (Å²) in [7, 11) is 1.44. The summed E-state index contributed by atoms with van der Waals surface area (Å²) in [5, 5.41) is 19.7. The zero-order valence-corrected chi connectivity index (χ0v) is 10.1. The molecule has 0 aliphatic rings. The minimum absolute atomic E-state index is 0.140. The van der Waals surface area contributed by atoms with Gasteiger partial charge in [0, 0.05) is 18.7 Å². The van der Waals surface area contributed by atoms with Gasteiger partial charge < -0.3 is 14.7 Å². The van der Waals surface area contributed by atoms with Crippen LogP contribution >= 0.6 is 0 Å². The first-order chi connectivity index (χ1) is 8.49. The number of hydrogen-bond donors (Lipinski definition) is 1. The molecule has 0 aliphatic carbocycles. The lowest BCUT2D eigenvalue weighted by Crippen LogP contribution is -2.29. The van der Waals surface area contributed by atoms with E-state index in [1.165, 1.54) is 30.2 Å². The molecule has 1 rings (SSSR count). The van der Waals surface area contributed by atoms with Crippen molar-refractivity contribution in [2.24, 2.45) is 0 Å². The Morgan fingerprint density at radius 2 is 2.22 bits per heavy atom. The van der Waals surface area contributed by atoms with Crippen molar-refractivity contribution in [3.05, 3.63) is 28.3 Å². The van der Waals surface area contributed by atoms with Gasteiger partial charge >= 0.3 is 5.97 Å². The molecule has 7 heteroatoms. The third-order valence-corrected chi connectivity index (χ3v) is 2.43. The molecule has 0 spiro atoms. The van der Waals surface area contributed by atoms with Gasteiger partial charge in [-0.15, -0.1) is 0 Å². The average molecular weight is 254 g/mol. The van der Waals surface area contributed by atoms with Crippen molar-refractivity contribution in [2.75, 3.05) is 25.1 Å². The number of methoxy groups -OCH3 is 1. The smallest absolute Gasteiger partial charge is 0.323 e. The Morgan fingerprint density at radius 3 is 2.67 bits per heavy atom. The van der Waals surface area contributed by atoms with Crippen molar-refractivity contribution in [3.8, 4) is 5.75 Å². The van der Waals surface area contributed by atoms with E-state index in [0.29, 0.717) is 12.3 Å². The summed E-state index contributed by atoms with van der Waals surface area (Å²) in [6, 6.07) is 4.24. The molecule has 1 N–H and O–H groups in total. The van der Waals surface area contributed by atoms with Crippen LogP contribution < -0.4 is 9.64 Å². The number of nitro benzene ring substituents is 1. The minimum atomic E-state index is -1.05. The van der Waals surface area contributed by atoms with E-state index in [1.807, 2.05) is 0 Å². The number of likely N-dealkylation sites (N-methyl/N-ethyl adjacent to an activating group) is 1. The minimum Gasteiger partial charge on any atom is -0.497 e. The molecule has 18 heavy (non-hydrogen) atoms. The van der Waals surface area contributed by atoms with Gasteiger partial charge in [0.15, 0.2) is 0 Å². The molecule has 0 heterocycles. The number of rotatable bonds is 6. The molecule has 0 unspecified atom stereocenters. The molecule has 7 nitrogen and oxygen atoms in total. The van der Waals surface area contributed by atoms with Crippen molar-refractivity contribution in [3.63, 3.8) is 0 Å². The second-order valence-corrected chi connectivity index (χ2v) is 3.52. The number of aliphatic carboxylic acids is 1. The SMILES string of the molecule is CCN(CC(=O)O)c1cc(OC)ccc1[N+](=O)[O-]. The Balaban J connectivity index is 3.23. The fourth-order valence-electron chi connectivity index (χ4n) is 1.57. The van der Waals surface area contributed by atoms with Crippen LogP contribution in [0, 0.1) is 10.1 Å². The van der Waals surface area contributed by atoms with Gasteiger partial charge in [0.25, 0.3) is 5.69 Å². The summed E-state index contributed by atoms with van der Waals surface area (Å²) in [5.41, 5.74) is 0.100. The van der Waals surface area contributed by atoms with Crippen LogP contribution in [0.1, 0.15) is 6.92 Å². The second kappa shape index (κ2) is 5.85. The molecule has 0 bridgehead atoms. The summed E-state index contributed by atoms with van der Waals surface area (Å²) >= 11 is 0. The summed E-state index contributed by atoms with van der Waals surface area (Å²) in [4.78, 5) is 22.5. The lowest BCUT2D eigenvalue weighted by atomic mass is 10.2. The Bertz CT molecular complexity index is 461. The number of carboxylic acids is 1. The molecular formula is C11H14N2O5. The Labute approximate surface area is 104 Å². The van der Waals surface area contributed by atoms with Crippen molar-refractivity contribution in [1.29, 1.82) is 0 Å². The normalized spacial score (nSPS) is 9.89. The Hall–Kier alpha value is -2.31. The highest BCUT2D eigenvalue weighted by Gasteiger charge is 2.21. The van der Waals surface area contributed by atoms with Crippen LogP contribution in [-0.2, 0) is 4.79 Å². The highest BCUT2D eigenvalue weighted by atomic mass is 16.6. The number of anilines is 1. The Morgan fingerprint density at radius 1 is 1.56 bits per heavy atom. The number of ether oxygens (including phenoxy) is 1. The lowest BCUT2D eigenvalue weighted by Gasteiger charge is -2.20. The Kier molecular flexibility index (Phi) is 4.47. The molecule has 1 aromatic rings. The van der Waals surface area contributed by atoms with Crippen LogP contribution in [0.2, 0.25) is 0 Å². The topological polar surface area (TPSA) is 92.9 Å². The molecule has 0 atom stereocenters. The fourth-order valence-corrected chi connectivity index (χ4v) is 1.57. The van der Waals surface area contributed by atoms with Gasteiger partial charge in [0.1, 0.15) is 18.0 Å². The highest BCUT2D eigenvalue weighted by Crippen LogP contribution is 2.31. The summed E-state index contributed by atoms with van der Waals surface area (Å²) in [5.74, 6) is -0.603. The summed E-state index contributed by atoms with van der Waals surface area (Å²) in [6.45, 7) is 1.77. The number of nitrogens with zero attached hydrogens (tertiary/aromatic N) is 2. The van der Waals surface area contributed by atoms with Crippen molar-refractivity contribution >= 4 is 17.3 Å². The van der Waals surface area contributed by atoms with Crippen molar-refractivity contribution in [2.45, 2.75) is 6.92 Å². The molecule has 0 amide bonds. The summed E-state index contributed by atoms with van der Waals surface area (Å²) < 4.78 is 4.99. The van der Waals surface area contributed by atoms with E-state index >= 15 is 0 Å². The van der Waals surface area contributed by atoms with Gasteiger partial charge in [-0.25, -0.2) is 0 Å². The van der Waals surface area contributed by atoms with E-state index in [0.717, 1.165) is 0 Å². The van der Waals surface area contributed by atoms with Crippen LogP contribution in [0.25, 0.3) is 0 Å². The van der Waals surface area contributed by atoms with Gasteiger partial charge in [-0.2, -0.15) is 0 Å². The van der Waals surface area contributed by atoms with Crippen molar-refractivity contribution in [1.82, 2.24) is 0 Å². The molecule has 98 valence electrons. The van der Waals surface area contributed by atoms with Crippen LogP contribution in [0.4, 0.5) is 11.4 Å². The zero-order chi connectivity index (χ0) is 13.7. The molecular weight excluding hydrogens is 240 g/mol. The maximum Gasteiger partial charge on any atom is 0.323 e. The maximum atomic E-state index is 10.9. The molecule has 1 aromatic carbocycles. The van der Waals surface area contributed by atoms with Crippen LogP contribution in [0.15, 0.2) is 18.2 Å². The third-order valence-electron chi connectivity index (χ3n) is 2.43. The first-order valence-corrected chi connectivity index (χ1v) is 5.28. The van der Waals surface area contributed by atoms with Gasteiger partial charge in [0.05, 0.1) is 12.0 Å². The molecule has 0 aromatic heterocycles. The number of carbonyl (C=O) groups is 1. The quantitative estimate of drug-likeness (QED) is 0.611. The maximum absolute atomic E-state index is 10.9. The summed E-state index contributed by atoms with van der Waals surface area (Å²) in [6.07, 6.45) is 0. The number of carboxylic acid groups (broad SMARTS) is 1. The van der Waals surface area contributed by atoms with Crippen LogP contribution in [-0.4, -0.2) is 36.2 Å². The molecule has 0 saturated carbocycles. The van der Waals surface area contributed by atoms with Gasteiger partial charge in [-0.1, -0.05) is 0 Å². The highest BCUT2D eigenvalue weighted by molar-refractivity contribution is 5.76. The number of nitro groups is 1. The largest absolute Gasteiger partial charge is 0.497 e. The van der Waals surface area contributed by atoms with E-state index in [-0.39, 0.29) is 17.9 Å². The van der Waals surface area contributed by atoms with E-state index in [4.69, 9.17) is 9.84 Å². The lowest BCUT2D eigenvalue weighted by molar-refractivity contribution is -0.384. The molecule has 0 saturated heterocycles. The van der Waals surface area contributed by atoms with Crippen LogP contribution in [0.3, 0.4) is 0 Å². The number of benzene rings is 1. The van der Waals surface area contributed by atoms with Crippen molar-refractivity contribution < 1.29 is 19.6 Å². The number of hydrogen-bond acceptors (Lipinski definition) is 5. The van der Waals surface area contributed by atoms with Gasteiger partial charge in [-0.05, 0) is 13.0 Å². The molecule has 0 fully saturated rings. The van der Waals surface area contributed by atoms with Gasteiger partial charge in [-0.3, -0.25) is 14.9 Å². The first-order valence-electron chi connectivity index (χ1n) is 5.28. The fraction of sp³-hybridized carbons (Fsp3) is 0.364. The predicted octanol–water partition coefficient (Wildman–Crippen LogP) is 1.51. The van der Waals surface area contributed by atoms with Crippen LogP contribution in [0.5, 0.6) is 5.75 Å². The van der Waals surface area contributed by atoms with E-state index in [9.17, 15) is 14.9 Å². The standard InChI is InChI=1S/C11H14N2O5/c1-3-12(7-11(14)15)10-6-8(18-2)4-5-9(10)13(16)17/h4-6H,3,7H2,1-2H3,(H,14,15). The molecule has 0 aliphatic heterocycles. The molecule has 0 radical (unpaired) electrons. The average Bonchev–Trinajstić information content (AvgIpc) is 2.34. The van der Waals surface area contributed by atoms with E-state index in [2.05, 4.69) is 0 Å². The van der Waals surface area contributed by atoms with E-state index in [1.54, 1.807) is 6.92 Å². The zero-order valence-electron chi connectivity index (χ0n) is 10.1. The predicted molar refractivity (Wildman–Crippen MR) is 65.2 cm³/mol. The first kappa shape index (κ1) is 13.8. The van der Waals surface area contributed by atoms with Gasteiger partial charge in [0.2, 0.25) is 0 Å². The van der Waals surface area contributed by atoms with E-state index < -0.39 is 10.9 Å². The monoisotopic (exact) mass is 254 g/mol. The third kappa shape index (κ3) is 3.09. The second-order valence-electron chi connectivity index (χ2n) is 3.52.